The molecule has 0 saturated heterocycles. The number of amides is 1. The van der Waals surface area contributed by atoms with Gasteiger partial charge in [0.05, 0.1) is 17.9 Å². The summed E-state index contributed by atoms with van der Waals surface area (Å²) in [5.74, 6) is -0.791. The number of hydrogen-bond acceptors (Lipinski definition) is 7. The van der Waals surface area contributed by atoms with Crippen LogP contribution in [-0.2, 0) is 20.5 Å². The van der Waals surface area contributed by atoms with Crippen LogP contribution in [0.25, 0.3) is 6.08 Å². The van der Waals surface area contributed by atoms with Gasteiger partial charge in [-0.05, 0) is 30.7 Å². The molecule has 0 spiro atoms. The van der Waals surface area contributed by atoms with Crippen LogP contribution in [0.5, 0.6) is 0 Å². The van der Waals surface area contributed by atoms with Gasteiger partial charge in [0.25, 0.3) is 0 Å². The summed E-state index contributed by atoms with van der Waals surface area (Å²) < 4.78 is 42.8. The number of esters is 1. The van der Waals surface area contributed by atoms with Gasteiger partial charge in [-0.25, -0.2) is 0 Å². The van der Waals surface area contributed by atoms with Crippen LogP contribution in [0.15, 0.2) is 34.7 Å². The van der Waals surface area contributed by atoms with Gasteiger partial charge in [0.1, 0.15) is 0 Å². The molecular weight excluding hydrogens is 403 g/mol. The van der Waals surface area contributed by atoms with E-state index in [1.165, 1.54) is 24.3 Å². The topological polar surface area (TPSA) is 81.2 Å². The number of carbonyl (C=O) groups excluding carboxylic acids is 2. The number of nitrogens with one attached hydrogen (secondary N) is 1. The lowest BCUT2D eigenvalue weighted by Gasteiger charge is -2.05. The van der Waals surface area contributed by atoms with Crippen LogP contribution < -0.4 is 5.32 Å². The molecule has 0 fully saturated rings. The largest absolute Gasteiger partial charge is 0.465 e. The zero-order valence-corrected chi connectivity index (χ0v) is 15.6. The number of benzene rings is 1. The number of aromatic nitrogens is 2. The van der Waals surface area contributed by atoms with Crippen molar-refractivity contribution in [1.82, 2.24) is 10.2 Å². The molecule has 0 radical (unpaired) electrons. The number of ether oxygens (including phenoxy) is 1. The summed E-state index contributed by atoms with van der Waals surface area (Å²) in [5.41, 5.74) is -0.313. The molecule has 0 bridgehead atoms. The molecule has 0 aliphatic heterocycles. The fourth-order valence-electron chi connectivity index (χ4n) is 1.74. The first kappa shape index (κ1) is 20.9. The molecule has 2 aromatic rings. The maximum atomic E-state index is 12.5. The third-order valence-electron chi connectivity index (χ3n) is 2.92. The van der Waals surface area contributed by atoms with Crippen LogP contribution in [0, 0.1) is 0 Å². The summed E-state index contributed by atoms with van der Waals surface area (Å²) in [7, 11) is 0. The lowest BCUT2D eigenvalue weighted by atomic mass is 10.1. The fraction of sp³-hybridized carbons (Fsp3) is 0.250. The summed E-state index contributed by atoms with van der Waals surface area (Å²) in [5, 5.41) is 10.3. The average Bonchev–Trinajstić information content (AvgIpc) is 3.05. The minimum atomic E-state index is -4.40. The Kier molecular flexibility index (Phi) is 7.36. The van der Waals surface area contributed by atoms with Crippen LogP contribution >= 0.6 is 23.1 Å². The lowest BCUT2D eigenvalue weighted by molar-refractivity contribution is -0.140. The minimum Gasteiger partial charge on any atom is -0.465 e. The highest BCUT2D eigenvalue weighted by molar-refractivity contribution is 8.01. The summed E-state index contributed by atoms with van der Waals surface area (Å²) in [6.45, 7) is 2.00. The number of hydrogen-bond donors (Lipinski definition) is 1. The third-order valence-corrected chi connectivity index (χ3v) is 4.87. The van der Waals surface area contributed by atoms with Crippen molar-refractivity contribution in [2.75, 3.05) is 17.7 Å². The van der Waals surface area contributed by atoms with E-state index in [9.17, 15) is 22.8 Å². The van der Waals surface area contributed by atoms with Gasteiger partial charge in [0.15, 0.2) is 4.34 Å². The summed E-state index contributed by atoms with van der Waals surface area (Å²) >= 11 is 2.23. The molecule has 11 heteroatoms. The molecular formula is C16H14F3N3O3S2. The predicted molar refractivity (Wildman–Crippen MR) is 96.4 cm³/mol. The highest BCUT2D eigenvalue weighted by Crippen LogP contribution is 2.29. The smallest absolute Gasteiger partial charge is 0.416 e. The first-order valence-corrected chi connectivity index (χ1v) is 9.36. The van der Waals surface area contributed by atoms with Gasteiger partial charge in [-0.1, -0.05) is 35.2 Å². The number of nitrogens with zero attached hydrogens (tertiary/aromatic N) is 2. The Labute approximate surface area is 160 Å². The zero-order chi connectivity index (χ0) is 19.9. The van der Waals surface area contributed by atoms with Crippen molar-refractivity contribution in [3.63, 3.8) is 0 Å². The summed E-state index contributed by atoms with van der Waals surface area (Å²) in [4.78, 5) is 23.1. The molecule has 1 aromatic heterocycles. The Morgan fingerprint density at radius 1 is 1.26 bits per heavy atom. The number of rotatable bonds is 7. The Morgan fingerprint density at radius 3 is 2.59 bits per heavy atom. The van der Waals surface area contributed by atoms with Crippen LogP contribution in [-0.4, -0.2) is 34.4 Å². The van der Waals surface area contributed by atoms with Crippen molar-refractivity contribution in [2.24, 2.45) is 0 Å². The molecule has 1 heterocycles. The summed E-state index contributed by atoms with van der Waals surface area (Å²) in [6.07, 6.45) is -1.84. The van der Waals surface area contributed by atoms with Crippen LogP contribution in [0.4, 0.5) is 18.3 Å². The van der Waals surface area contributed by atoms with Crippen LogP contribution in [0.1, 0.15) is 18.1 Å². The Balaban J connectivity index is 1.86. The monoisotopic (exact) mass is 417 g/mol. The molecule has 0 aliphatic rings. The van der Waals surface area contributed by atoms with Gasteiger partial charge in [0.2, 0.25) is 11.0 Å². The second-order valence-electron chi connectivity index (χ2n) is 4.91. The van der Waals surface area contributed by atoms with Gasteiger partial charge in [-0.2, -0.15) is 13.2 Å². The van der Waals surface area contributed by atoms with E-state index in [0.717, 1.165) is 35.2 Å². The van der Waals surface area contributed by atoms with Gasteiger partial charge >= 0.3 is 12.1 Å². The second kappa shape index (κ2) is 9.51. The van der Waals surface area contributed by atoms with Gasteiger partial charge in [0, 0.05) is 6.08 Å². The second-order valence-corrected chi connectivity index (χ2v) is 7.11. The Bertz CT molecular complexity index is 820. The zero-order valence-electron chi connectivity index (χ0n) is 13.9. The highest BCUT2D eigenvalue weighted by atomic mass is 32.2. The first-order chi connectivity index (χ1) is 12.8. The SMILES string of the molecule is CCOC(=O)CSc1nnc(NC(=O)/C=C/c2ccc(C(F)(F)F)cc2)s1. The van der Waals surface area contributed by atoms with E-state index in [1.54, 1.807) is 6.92 Å². The molecule has 0 aliphatic carbocycles. The molecule has 1 aromatic carbocycles. The normalized spacial score (nSPS) is 11.6. The van der Waals surface area contributed by atoms with Gasteiger partial charge in [-0.15, -0.1) is 10.2 Å². The standard InChI is InChI=1S/C16H14F3N3O3S2/c1-2-25-13(24)9-26-15-22-21-14(27-15)20-12(23)8-5-10-3-6-11(7-4-10)16(17,18)19/h3-8H,2,9H2,1H3,(H,20,21,23)/b8-5+. The van der Waals surface area contributed by atoms with Crippen molar-refractivity contribution in [3.8, 4) is 0 Å². The van der Waals surface area contributed by atoms with Crippen molar-refractivity contribution in [2.45, 2.75) is 17.4 Å². The highest BCUT2D eigenvalue weighted by Gasteiger charge is 2.29. The number of thioether (sulfide) groups is 1. The number of halogens is 3. The van der Waals surface area contributed by atoms with Crippen molar-refractivity contribution in [3.05, 3.63) is 41.5 Å². The fourth-order valence-corrected chi connectivity index (χ4v) is 3.30. The Hall–Kier alpha value is -2.40. The van der Waals surface area contributed by atoms with Crippen LogP contribution in [0.2, 0.25) is 0 Å². The van der Waals surface area contributed by atoms with Crippen molar-refractivity contribution in [1.29, 1.82) is 0 Å². The molecule has 0 saturated carbocycles. The first-order valence-electron chi connectivity index (χ1n) is 7.56. The molecule has 0 unspecified atom stereocenters. The molecule has 2 rings (SSSR count). The van der Waals surface area contributed by atoms with E-state index in [2.05, 4.69) is 15.5 Å². The van der Waals surface area contributed by atoms with Crippen molar-refractivity contribution >= 4 is 46.2 Å². The van der Waals surface area contributed by atoms with E-state index in [0.29, 0.717) is 16.5 Å². The quantitative estimate of drug-likeness (QED) is 0.319. The number of carbonyl (C=O) groups is 2. The van der Waals surface area contributed by atoms with E-state index in [-0.39, 0.29) is 16.9 Å². The van der Waals surface area contributed by atoms with E-state index in [4.69, 9.17) is 4.74 Å². The molecule has 27 heavy (non-hydrogen) atoms. The lowest BCUT2D eigenvalue weighted by Crippen LogP contribution is -2.07. The number of anilines is 1. The minimum absolute atomic E-state index is 0.0875. The van der Waals surface area contributed by atoms with Crippen LogP contribution in [0.3, 0.4) is 0 Å². The van der Waals surface area contributed by atoms with Crippen molar-refractivity contribution < 1.29 is 27.5 Å². The predicted octanol–water partition coefficient (Wildman–Crippen LogP) is 3.86. The molecule has 144 valence electrons. The van der Waals surface area contributed by atoms with E-state index < -0.39 is 17.6 Å². The van der Waals surface area contributed by atoms with E-state index >= 15 is 0 Å². The maximum Gasteiger partial charge on any atom is 0.416 e. The van der Waals surface area contributed by atoms with Gasteiger partial charge < -0.3 is 4.74 Å². The Morgan fingerprint density at radius 2 is 1.96 bits per heavy atom. The molecule has 6 nitrogen and oxygen atoms in total. The summed E-state index contributed by atoms with van der Waals surface area (Å²) in [6, 6.07) is 4.41. The van der Waals surface area contributed by atoms with Gasteiger partial charge in [-0.3, -0.25) is 14.9 Å². The third kappa shape index (κ3) is 7.02. The average molecular weight is 417 g/mol. The van der Waals surface area contributed by atoms with E-state index in [1.807, 2.05) is 0 Å². The molecule has 0 atom stereocenters. The molecule has 1 amide bonds. The number of alkyl halides is 3. The maximum absolute atomic E-state index is 12.5. The molecule has 1 N–H and O–H groups in total.